The summed E-state index contributed by atoms with van der Waals surface area (Å²) in [4.78, 5) is 0. The molecule has 3 rings (SSSR count). The molecule has 0 amide bonds. The normalized spacial score (nSPS) is 11.9. The zero-order valence-corrected chi connectivity index (χ0v) is 12.9. The Balaban J connectivity index is 0.000000282. The quantitative estimate of drug-likeness (QED) is 0.539. The molecule has 3 aromatic rings. The van der Waals surface area contributed by atoms with Crippen molar-refractivity contribution >= 4 is 21.6 Å². The molecule has 8 heteroatoms. The average Bonchev–Trinajstić information content (AvgIpc) is 2.81. The third-order valence-electron chi connectivity index (χ3n) is 2.45. The first-order valence-corrected chi connectivity index (χ1v) is 7.76. The Morgan fingerprint density at radius 3 is 2.24 bits per heavy atom. The van der Waals surface area contributed by atoms with E-state index in [1.54, 1.807) is 0 Å². The summed E-state index contributed by atoms with van der Waals surface area (Å²) in [6.45, 7) is 0. The Kier molecular flexibility index (Phi) is 4.94. The van der Waals surface area contributed by atoms with Gasteiger partial charge in [0, 0.05) is 16.1 Å². The number of oxazole rings is 1. The van der Waals surface area contributed by atoms with E-state index < -0.39 is 10.2 Å². The fourth-order valence-electron chi connectivity index (χ4n) is 1.65. The van der Waals surface area contributed by atoms with Crippen LogP contribution in [-0.4, -0.2) is 14.0 Å². The SMILES string of the molecule is Brc1ccc(-c2c[n+]3ccccc3o2)cc1.[O-][Cl+](O)(O)O. The van der Waals surface area contributed by atoms with Crippen LogP contribution in [0.5, 0.6) is 0 Å². The molecule has 0 saturated heterocycles. The van der Waals surface area contributed by atoms with E-state index in [1.807, 2.05) is 59.3 Å². The molecule has 0 atom stereocenters. The van der Waals surface area contributed by atoms with Crippen LogP contribution in [0.2, 0.25) is 0 Å². The Labute approximate surface area is 130 Å². The summed E-state index contributed by atoms with van der Waals surface area (Å²) >= 11 is 3.42. The predicted molar refractivity (Wildman–Crippen MR) is 71.7 cm³/mol. The van der Waals surface area contributed by atoms with E-state index in [0.717, 1.165) is 21.5 Å². The van der Waals surface area contributed by atoms with Gasteiger partial charge in [-0.15, -0.1) is 4.40 Å². The Morgan fingerprint density at radius 2 is 1.67 bits per heavy atom. The van der Waals surface area contributed by atoms with Crippen molar-refractivity contribution in [3.05, 3.63) is 59.3 Å². The van der Waals surface area contributed by atoms with E-state index in [1.165, 1.54) is 0 Å². The van der Waals surface area contributed by atoms with Gasteiger partial charge in [0.2, 0.25) is 12.0 Å². The van der Waals surface area contributed by atoms with E-state index in [2.05, 4.69) is 15.9 Å². The summed E-state index contributed by atoms with van der Waals surface area (Å²) in [5.41, 5.74) is 1.92. The number of halogens is 2. The van der Waals surface area contributed by atoms with Gasteiger partial charge in [-0.3, -0.25) is 0 Å². The van der Waals surface area contributed by atoms with Crippen LogP contribution in [0.15, 0.2) is 63.7 Å². The van der Waals surface area contributed by atoms with Crippen LogP contribution >= 0.6 is 15.9 Å². The molecule has 21 heavy (non-hydrogen) atoms. The molecule has 0 saturated carbocycles. The molecule has 1 aromatic carbocycles. The topological polar surface area (TPSA) is 101 Å². The van der Waals surface area contributed by atoms with Crippen LogP contribution in [0.4, 0.5) is 0 Å². The number of aromatic nitrogens is 1. The van der Waals surface area contributed by atoms with E-state index in [-0.39, 0.29) is 0 Å². The van der Waals surface area contributed by atoms with Crippen molar-refractivity contribution in [3.8, 4) is 11.3 Å². The number of pyridine rings is 1. The van der Waals surface area contributed by atoms with E-state index >= 15 is 0 Å². The first-order chi connectivity index (χ1) is 9.83. The van der Waals surface area contributed by atoms with Gasteiger partial charge in [-0.2, -0.15) is 0 Å². The molecule has 0 fully saturated rings. The molecular formula is C13H12BrClNO5+. The molecule has 112 valence electrons. The van der Waals surface area contributed by atoms with Gasteiger partial charge in [0.15, 0.2) is 6.20 Å². The first-order valence-electron chi connectivity index (χ1n) is 5.65. The van der Waals surface area contributed by atoms with Crippen LogP contribution < -0.4 is 9.06 Å². The van der Waals surface area contributed by atoms with E-state index in [0.29, 0.717) is 0 Å². The standard InChI is InChI=1S/C13H9BrNO.ClH3O4/c14-11-6-4-10(5-7-11)12-9-15-8-2-1-3-13(15)16-12;2-1(3,4)5/h1-9H;2-4H/q+1;. The van der Waals surface area contributed by atoms with Crippen LogP contribution in [-0.2, 0) is 0 Å². The summed E-state index contributed by atoms with van der Waals surface area (Å²) < 4.78 is 39.0. The van der Waals surface area contributed by atoms with Crippen molar-refractivity contribution in [1.29, 1.82) is 0 Å². The second-order valence-electron chi connectivity index (χ2n) is 3.98. The van der Waals surface area contributed by atoms with Crippen LogP contribution in [0, 0.1) is 10.2 Å². The van der Waals surface area contributed by atoms with Crippen molar-refractivity contribution in [2.75, 3.05) is 0 Å². The van der Waals surface area contributed by atoms with Gasteiger partial charge in [0.1, 0.15) is 0 Å². The molecular weight excluding hydrogens is 366 g/mol. The van der Waals surface area contributed by atoms with Gasteiger partial charge < -0.3 is 4.42 Å². The number of nitrogens with zero attached hydrogens (tertiary/aromatic N) is 1. The van der Waals surface area contributed by atoms with Crippen LogP contribution in [0.25, 0.3) is 17.0 Å². The molecule has 0 aliphatic heterocycles. The van der Waals surface area contributed by atoms with Crippen molar-refractivity contribution < 1.29 is 37.7 Å². The van der Waals surface area contributed by atoms with Crippen molar-refractivity contribution in [2.24, 2.45) is 0 Å². The summed E-state index contributed by atoms with van der Waals surface area (Å²) in [5, 5.41) is 0. The number of hydrogen-bond donors (Lipinski definition) is 3. The monoisotopic (exact) mass is 376 g/mol. The van der Waals surface area contributed by atoms with Crippen LogP contribution in [0.1, 0.15) is 0 Å². The Bertz CT molecular complexity index is 684. The molecule has 3 N–H and O–H groups in total. The van der Waals surface area contributed by atoms with E-state index in [9.17, 15) is 0 Å². The zero-order valence-electron chi connectivity index (χ0n) is 10.6. The number of hydrogen-bond acceptors (Lipinski definition) is 5. The zero-order chi connectivity index (χ0) is 15.5. The van der Waals surface area contributed by atoms with Gasteiger partial charge in [-0.25, -0.2) is 0 Å². The third-order valence-corrected chi connectivity index (χ3v) is 2.98. The Morgan fingerprint density at radius 1 is 1.05 bits per heavy atom. The third kappa shape index (κ3) is 5.09. The molecule has 0 unspecified atom stereocenters. The van der Waals surface area contributed by atoms with Gasteiger partial charge in [0.05, 0.1) is 6.07 Å². The van der Waals surface area contributed by atoms with Gasteiger partial charge >= 0.3 is 34.6 Å². The predicted octanol–water partition coefficient (Wildman–Crippen LogP) is 0.588. The minimum absolute atomic E-state index is 0.848. The molecule has 0 aliphatic rings. The van der Waals surface area contributed by atoms with Gasteiger partial charge in [-0.05, 0) is 30.3 Å². The molecule has 0 spiro atoms. The summed E-state index contributed by atoms with van der Waals surface area (Å²) in [7, 11) is -4.19. The number of benzene rings is 1. The van der Waals surface area contributed by atoms with Crippen molar-refractivity contribution in [3.63, 3.8) is 0 Å². The maximum absolute atomic E-state index is 8.83. The van der Waals surface area contributed by atoms with Crippen molar-refractivity contribution in [2.45, 2.75) is 0 Å². The summed E-state index contributed by atoms with van der Waals surface area (Å²) in [6, 6.07) is 14.0. The van der Waals surface area contributed by atoms with E-state index in [4.69, 9.17) is 23.1 Å². The molecule has 2 aromatic heterocycles. The minimum atomic E-state index is -4.19. The van der Waals surface area contributed by atoms with Crippen molar-refractivity contribution in [1.82, 2.24) is 0 Å². The number of rotatable bonds is 1. The molecule has 6 nitrogen and oxygen atoms in total. The summed E-state index contributed by atoms with van der Waals surface area (Å²) in [5.74, 6) is 0.874. The Hall–Kier alpha value is -1.48. The van der Waals surface area contributed by atoms with Gasteiger partial charge in [0.25, 0.3) is 0 Å². The molecule has 0 aliphatic carbocycles. The second-order valence-corrected chi connectivity index (χ2v) is 5.77. The fraction of sp³-hybridized carbons (Fsp3) is 0. The fourth-order valence-corrected chi connectivity index (χ4v) is 1.91. The average molecular weight is 378 g/mol. The van der Waals surface area contributed by atoms with Crippen LogP contribution in [0.3, 0.4) is 0 Å². The second kappa shape index (κ2) is 6.52. The molecule has 0 radical (unpaired) electrons. The van der Waals surface area contributed by atoms with Gasteiger partial charge in [-0.1, -0.05) is 15.9 Å². The summed E-state index contributed by atoms with van der Waals surface area (Å²) in [6.07, 6.45) is 3.96. The maximum atomic E-state index is 8.83. The molecule has 2 heterocycles. The molecule has 0 bridgehead atoms. The first kappa shape index (κ1) is 15.9. The number of fused-ring (bicyclic) bond motifs is 1.